The predicted molar refractivity (Wildman–Crippen MR) is 117 cm³/mol. The summed E-state index contributed by atoms with van der Waals surface area (Å²) in [7, 11) is -9.14. The zero-order valence-corrected chi connectivity index (χ0v) is 18.9. The summed E-state index contributed by atoms with van der Waals surface area (Å²) in [6.07, 6.45) is 0.735. The number of rotatable bonds is 6. The van der Waals surface area contributed by atoms with E-state index in [-0.39, 0.29) is 0 Å². The fourth-order valence-electron chi connectivity index (χ4n) is 3.08. The number of halogens is 3. The number of aryl methyl sites for hydroxylation is 3. The van der Waals surface area contributed by atoms with Crippen LogP contribution in [0.4, 0.5) is 13.2 Å². The standard InChI is InChI=1S/C23H23F3O3S2/c1-4-19-9-15-22(16-10-19)30(20-11-5-17(2)6-12-20,21-13-7-18(3)8-14-21)29-31(27,28)23(24,25)26/h5-16H,4H2,1-3H3. The molecule has 0 saturated carbocycles. The summed E-state index contributed by atoms with van der Waals surface area (Å²) in [5, 5.41) is 0. The average Bonchev–Trinajstić information content (AvgIpc) is 2.72. The SMILES string of the molecule is CCc1ccc(S(OS(=O)(=O)C(F)(F)F)(c2ccc(C)cc2)c2ccc(C)cc2)cc1. The molecular weight excluding hydrogens is 445 g/mol. The molecule has 3 nitrogen and oxygen atoms in total. The Balaban J connectivity index is 2.39. The Bertz CT molecular complexity index is 1090. The second-order valence-corrected chi connectivity index (χ2v) is 11.6. The summed E-state index contributed by atoms with van der Waals surface area (Å²) >= 11 is 0. The minimum atomic E-state index is -5.90. The van der Waals surface area contributed by atoms with Gasteiger partial charge in [0.1, 0.15) is 0 Å². The molecule has 0 saturated heterocycles. The second kappa shape index (κ2) is 8.68. The van der Waals surface area contributed by atoms with E-state index >= 15 is 0 Å². The molecule has 0 N–H and O–H groups in total. The number of hydrogen-bond donors (Lipinski definition) is 0. The molecular formula is C23H23F3O3S2. The lowest BCUT2D eigenvalue weighted by atomic mass is 10.2. The van der Waals surface area contributed by atoms with E-state index in [9.17, 15) is 21.6 Å². The third-order valence-electron chi connectivity index (χ3n) is 4.84. The van der Waals surface area contributed by atoms with E-state index in [1.165, 1.54) is 0 Å². The van der Waals surface area contributed by atoms with Gasteiger partial charge >= 0.3 is 15.6 Å². The zero-order valence-electron chi connectivity index (χ0n) is 17.3. The highest BCUT2D eigenvalue weighted by atomic mass is 32.3. The van der Waals surface area contributed by atoms with Gasteiger partial charge in [-0.2, -0.15) is 25.2 Å². The lowest BCUT2D eigenvalue weighted by Gasteiger charge is -2.39. The van der Waals surface area contributed by atoms with Crippen molar-refractivity contribution in [2.24, 2.45) is 0 Å². The van der Waals surface area contributed by atoms with Gasteiger partial charge in [-0.15, -0.1) is 0 Å². The number of alkyl halides is 3. The summed E-state index contributed by atoms with van der Waals surface area (Å²) in [4.78, 5) is 1.09. The van der Waals surface area contributed by atoms with Gasteiger partial charge in [0.15, 0.2) is 0 Å². The largest absolute Gasteiger partial charge is 0.524 e. The summed E-state index contributed by atoms with van der Waals surface area (Å²) in [5.41, 5.74) is -2.80. The Morgan fingerprint density at radius 2 is 1.06 bits per heavy atom. The molecule has 3 aromatic carbocycles. The molecule has 3 aromatic rings. The van der Waals surface area contributed by atoms with Crippen LogP contribution in [0.3, 0.4) is 0 Å². The lowest BCUT2D eigenvalue weighted by molar-refractivity contribution is -0.0496. The lowest BCUT2D eigenvalue weighted by Crippen LogP contribution is -2.27. The summed E-state index contributed by atoms with van der Waals surface area (Å²) in [6.45, 7) is 5.64. The van der Waals surface area contributed by atoms with Crippen molar-refractivity contribution < 1.29 is 25.2 Å². The van der Waals surface area contributed by atoms with Crippen LogP contribution >= 0.6 is 10.3 Å². The van der Waals surface area contributed by atoms with Crippen molar-refractivity contribution in [2.45, 2.75) is 47.4 Å². The monoisotopic (exact) mass is 468 g/mol. The zero-order chi connectivity index (χ0) is 22.9. The van der Waals surface area contributed by atoms with Crippen LogP contribution in [-0.2, 0) is 20.2 Å². The van der Waals surface area contributed by atoms with E-state index in [1.807, 2.05) is 20.8 Å². The summed E-state index contributed by atoms with van der Waals surface area (Å²) in [5.74, 6) is 0. The molecule has 0 spiro atoms. The van der Waals surface area contributed by atoms with Gasteiger partial charge in [-0.3, -0.25) is 0 Å². The molecule has 0 aliphatic rings. The molecule has 31 heavy (non-hydrogen) atoms. The van der Waals surface area contributed by atoms with Gasteiger partial charge in [0, 0.05) is 14.7 Å². The molecule has 8 heteroatoms. The van der Waals surface area contributed by atoms with Gasteiger partial charge in [0.05, 0.1) is 0 Å². The second-order valence-electron chi connectivity index (χ2n) is 7.15. The summed E-state index contributed by atoms with van der Waals surface area (Å²) < 4.78 is 70.2. The van der Waals surface area contributed by atoms with Gasteiger partial charge < -0.3 is 0 Å². The minimum Gasteiger partial charge on any atom is -0.200 e. The minimum absolute atomic E-state index is 0.360. The third kappa shape index (κ3) is 4.66. The fraction of sp³-hybridized carbons (Fsp3) is 0.217. The maximum atomic E-state index is 13.5. The van der Waals surface area contributed by atoms with Crippen molar-refractivity contribution in [1.29, 1.82) is 0 Å². The Morgan fingerprint density at radius 3 is 1.39 bits per heavy atom. The molecule has 0 bridgehead atoms. The van der Waals surface area contributed by atoms with E-state index < -0.39 is 25.9 Å². The molecule has 166 valence electrons. The van der Waals surface area contributed by atoms with Crippen LogP contribution < -0.4 is 0 Å². The molecule has 0 aromatic heterocycles. The predicted octanol–water partition coefficient (Wildman–Crippen LogP) is 6.93. The van der Waals surface area contributed by atoms with Gasteiger partial charge in [-0.25, -0.2) is 0 Å². The van der Waals surface area contributed by atoms with E-state index in [0.717, 1.165) is 23.1 Å². The van der Waals surface area contributed by atoms with Gasteiger partial charge in [-0.1, -0.05) is 54.4 Å². The van der Waals surface area contributed by atoms with Crippen molar-refractivity contribution in [3.63, 3.8) is 0 Å². The fourth-order valence-corrected chi connectivity index (χ4v) is 7.78. The van der Waals surface area contributed by atoms with Crippen LogP contribution in [0, 0.1) is 13.8 Å². The van der Waals surface area contributed by atoms with Crippen LogP contribution in [0.1, 0.15) is 23.6 Å². The van der Waals surface area contributed by atoms with Crippen molar-refractivity contribution in [1.82, 2.24) is 0 Å². The van der Waals surface area contributed by atoms with Crippen molar-refractivity contribution in [3.05, 3.63) is 89.5 Å². The molecule has 0 heterocycles. The first-order valence-electron chi connectivity index (χ1n) is 9.57. The van der Waals surface area contributed by atoms with Crippen molar-refractivity contribution in [3.8, 4) is 0 Å². The van der Waals surface area contributed by atoms with Crippen LogP contribution in [-0.4, -0.2) is 13.9 Å². The Hall–Kier alpha value is -2.29. The van der Waals surface area contributed by atoms with Gasteiger partial charge in [0.25, 0.3) is 0 Å². The van der Waals surface area contributed by atoms with Crippen molar-refractivity contribution >= 4 is 20.4 Å². The van der Waals surface area contributed by atoms with E-state index in [1.54, 1.807) is 72.8 Å². The smallest absolute Gasteiger partial charge is 0.200 e. The Morgan fingerprint density at radius 1 is 0.710 bits per heavy atom. The first-order chi connectivity index (χ1) is 14.5. The Kier molecular flexibility index (Phi) is 6.55. The molecule has 0 fully saturated rings. The van der Waals surface area contributed by atoms with Gasteiger partial charge in [-0.05, 0) is 72.5 Å². The molecule has 0 atom stereocenters. The first-order valence-corrected chi connectivity index (χ1v) is 12.5. The van der Waals surface area contributed by atoms with Crippen LogP contribution in [0.25, 0.3) is 0 Å². The normalized spacial score (nSPS) is 13.2. The molecule has 0 aliphatic carbocycles. The number of benzene rings is 3. The highest BCUT2D eigenvalue weighted by Gasteiger charge is 2.52. The maximum absolute atomic E-state index is 13.5. The van der Waals surface area contributed by atoms with E-state index in [0.29, 0.717) is 14.7 Å². The maximum Gasteiger partial charge on any atom is 0.524 e. The topological polar surface area (TPSA) is 43.4 Å². The van der Waals surface area contributed by atoms with E-state index in [2.05, 4.69) is 0 Å². The Labute approximate surface area is 182 Å². The van der Waals surface area contributed by atoms with Gasteiger partial charge in [0.2, 0.25) is 0 Å². The average molecular weight is 469 g/mol. The number of hydrogen-bond acceptors (Lipinski definition) is 3. The summed E-state index contributed by atoms with van der Waals surface area (Å²) in [6, 6.07) is 20.3. The molecule has 0 radical (unpaired) electrons. The molecule has 0 aliphatic heterocycles. The molecule has 0 amide bonds. The molecule has 0 unspecified atom stereocenters. The first kappa shape index (κ1) is 23.4. The third-order valence-corrected chi connectivity index (χ3v) is 9.75. The van der Waals surface area contributed by atoms with Crippen LogP contribution in [0.15, 0.2) is 87.5 Å². The van der Waals surface area contributed by atoms with Crippen LogP contribution in [0.2, 0.25) is 0 Å². The highest BCUT2D eigenvalue weighted by molar-refractivity contribution is 8.33. The molecule has 3 rings (SSSR count). The van der Waals surface area contributed by atoms with E-state index in [4.69, 9.17) is 3.63 Å². The quantitative estimate of drug-likeness (QED) is 0.369. The van der Waals surface area contributed by atoms with Crippen LogP contribution in [0.5, 0.6) is 0 Å². The highest BCUT2D eigenvalue weighted by Crippen LogP contribution is 2.70. The van der Waals surface area contributed by atoms with Crippen molar-refractivity contribution in [2.75, 3.05) is 0 Å².